The number of nitrogens with zero attached hydrogens (tertiary/aromatic N) is 4. The summed E-state index contributed by atoms with van der Waals surface area (Å²) in [5, 5.41) is 5.45. The van der Waals surface area contributed by atoms with E-state index in [2.05, 4.69) is 58.1 Å². The standard InChI is InChI=1S/C20H26N4O/c1-22-12-10-18-19(22)4-3-5-20(18)25-17-8-14-24(15-9-17)13-7-16-6-11-21-23(16)2/h3-6,10-12,17H,7-9,13-15H2,1-2H3. The van der Waals surface area contributed by atoms with Crippen LogP contribution in [0.4, 0.5) is 0 Å². The zero-order chi connectivity index (χ0) is 17.2. The van der Waals surface area contributed by atoms with Crippen LogP contribution in [0, 0.1) is 0 Å². The molecule has 0 bridgehead atoms. The Balaban J connectivity index is 1.32. The van der Waals surface area contributed by atoms with Crippen molar-refractivity contribution in [2.45, 2.75) is 25.4 Å². The maximum Gasteiger partial charge on any atom is 0.129 e. The van der Waals surface area contributed by atoms with Crippen LogP contribution in [0.5, 0.6) is 5.75 Å². The van der Waals surface area contributed by atoms with Crippen LogP contribution in [0.2, 0.25) is 0 Å². The zero-order valence-corrected chi connectivity index (χ0v) is 15.1. The van der Waals surface area contributed by atoms with Gasteiger partial charge in [-0.25, -0.2) is 0 Å². The van der Waals surface area contributed by atoms with E-state index in [4.69, 9.17) is 4.74 Å². The molecule has 132 valence electrons. The van der Waals surface area contributed by atoms with Gasteiger partial charge in [0, 0.05) is 63.6 Å². The minimum Gasteiger partial charge on any atom is -0.490 e. The van der Waals surface area contributed by atoms with Gasteiger partial charge in [-0.15, -0.1) is 0 Å². The van der Waals surface area contributed by atoms with Crippen LogP contribution in [-0.2, 0) is 20.5 Å². The smallest absolute Gasteiger partial charge is 0.129 e. The number of piperidine rings is 1. The number of ether oxygens (including phenoxy) is 1. The second-order valence-electron chi connectivity index (χ2n) is 6.97. The van der Waals surface area contributed by atoms with Crippen molar-refractivity contribution in [1.82, 2.24) is 19.2 Å². The van der Waals surface area contributed by atoms with Gasteiger partial charge in [0.1, 0.15) is 11.9 Å². The summed E-state index contributed by atoms with van der Waals surface area (Å²) in [5.74, 6) is 1.02. The van der Waals surface area contributed by atoms with Gasteiger partial charge in [0.15, 0.2) is 0 Å². The molecule has 0 aliphatic carbocycles. The summed E-state index contributed by atoms with van der Waals surface area (Å²) in [5.41, 5.74) is 2.53. The van der Waals surface area contributed by atoms with E-state index in [1.165, 1.54) is 16.6 Å². The molecule has 0 atom stereocenters. The molecule has 1 fully saturated rings. The molecule has 2 aromatic heterocycles. The molecule has 5 heteroatoms. The Morgan fingerprint density at radius 3 is 2.72 bits per heavy atom. The third-order valence-electron chi connectivity index (χ3n) is 5.32. The van der Waals surface area contributed by atoms with Crippen LogP contribution >= 0.6 is 0 Å². The highest BCUT2D eigenvalue weighted by molar-refractivity contribution is 5.86. The number of benzene rings is 1. The number of hydrogen-bond acceptors (Lipinski definition) is 3. The van der Waals surface area contributed by atoms with Crippen molar-refractivity contribution in [1.29, 1.82) is 0 Å². The number of aryl methyl sites for hydroxylation is 2. The normalized spacial score (nSPS) is 16.6. The Bertz CT molecular complexity index is 842. The molecule has 0 radical (unpaired) electrons. The van der Waals surface area contributed by atoms with Crippen molar-refractivity contribution in [3.8, 4) is 5.75 Å². The van der Waals surface area contributed by atoms with Gasteiger partial charge < -0.3 is 14.2 Å². The van der Waals surface area contributed by atoms with Crippen molar-refractivity contribution in [2.75, 3.05) is 19.6 Å². The molecule has 1 aliphatic heterocycles. The highest BCUT2D eigenvalue weighted by Gasteiger charge is 2.21. The quantitative estimate of drug-likeness (QED) is 0.717. The van der Waals surface area contributed by atoms with E-state index in [0.29, 0.717) is 6.10 Å². The SMILES string of the molecule is Cn1nccc1CCN1CCC(Oc2cccc3c2ccn3C)CC1. The van der Waals surface area contributed by atoms with E-state index in [1.807, 2.05) is 17.9 Å². The van der Waals surface area contributed by atoms with Gasteiger partial charge in [0.2, 0.25) is 0 Å². The average molecular weight is 338 g/mol. The van der Waals surface area contributed by atoms with Gasteiger partial charge >= 0.3 is 0 Å². The van der Waals surface area contributed by atoms with Gasteiger partial charge in [-0.05, 0) is 37.1 Å². The molecule has 1 aromatic carbocycles. The average Bonchev–Trinajstić information content (AvgIpc) is 3.21. The molecule has 1 aliphatic rings. The summed E-state index contributed by atoms with van der Waals surface area (Å²) in [7, 11) is 4.09. The minimum absolute atomic E-state index is 0.318. The lowest BCUT2D eigenvalue weighted by atomic mass is 10.1. The fourth-order valence-corrected chi connectivity index (χ4v) is 3.73. The molecule has 0 unspecified atom stereocenters. The van der Waals surface area contributed by atoms with E-state index in [0.717, 1.165) is 44.6 Å². The first-order chi connectivity index (χ1) is 12.2. The highest BCUT2D eigenvalue weighted by Crippen LogP contribution is 2.28. The van der Waals surface area contributed by atoms with Crippen LogP contribution in [-0.4, -0.2) is 45.0 Å². The monoisotopic (exact) mass is 338 g/mol. The zero-order valence-electron chi connectivity index (χ0n) is 15.1. The van der Waals surface area contributed by atoms with Gasteiger partial charge in [0.25, 0.3) is 0 Å². The van der Waals surface area contributed by atoms with Gasteiger partial charge in [-0.2, -0.15) is 5.10 Å². The number of rotatable bonds is 5. The molecule has 0 N–H and O–H groups in total. The maximum atomic E-state index is 6.35. The fraction of sp³-hybridized carbons (Fsp3) is 0.450. The minimum atomic E-state index is 0.318. The number of likely N-dealkylation sites (tertiary alicyclic amines) is 1. The predicted molar refractivity (Wildman–Crippen MR) is 99.9 cm³/mol. The Kier molecular flexibility index (Phi) is 4.49. The molecule has 3 heterocycles. The van der Waals surface area contributed by atoms with Crippen LogP contribution in [0.1, 0.15) is 18.5 Å². The lowest BCUT2D eigenvalue weighted by Crippen LogP contribution is -2.39. The summed E-state index contributed by atoms with van der Waals surface area (Å²) in [6.45, 7) is 3.31. The van der Waals surface area contributed by atoms with E-state index < -0.39 is 0 Å². The van der Waals surface area contributed by atoms with Crippen molar-refractivity contribution in [3.63, 3.8) is 0 Å². The molecule has 0 spiro atoms. The summed E-state index contributed by atoms with van der Waals surface area (Å²) in [4.78, 5) is 2.54. The molecule has 5 nitrogen and oxygen atoms in total. The summed E-state index contributed by atoms with van der Waals surface area (Å²) in [6.07, 6.45) is 7.53. The first kappa shape index (κ1) is 16.2. The molecule has 0 amide bonds. The van der Waals surface area contributed by atoms with Crippen LogP contribution in [0.25, 0.3) is 10.9 Å². The van der Waals surface area contributed by atoms with Crippen molar-refractivity contribution in [3.05, 3.63) is 48.4 Å². The van der Waals surface area contributed by atoms with E-state index in [1.54, 1.807) is 0 Å². The van der Waals surface area contributed by atoms with Gasteiger partial charge in [-0.3, -0.25) is 4.68 Å². The number of fused-ring (bicyclic) bond motifs is 1. The second kappa shape index (κ2) is 6.92. The van der Waals surface area contributed by atoms with E-state index >= 15 is 0 Å². The first-order valence-electron chi connectivity index (χ1n) is 9.10. The Morgan fingerprint density at radius 2 is 1.96 bits per heavy atom. The van der Waals surface area contributed by atoms with Crippen molar-refractivity contribution >= 4 is 10.9 Å². The molecule has 25 heavy (non-hydrogen) atoms. The van der Waals surface area contributed by atoms with E-state index in [-0.39, 0.29) is 0 Å². The van der Waals surface area contributed by atoms with Gasteiger partial charge in [0.05, 0.1) is 5.52 Å². The highest BCUT2D eigenvalue weighted by atomic mass is 16.5. The maximum absolute atomic E-state index is 6.35. The van der Waals surface area contributed by atoms with Crippen LogP contribution < -0.4 is 4.74 Å². The molecule has 1 saturated heterocycles. The Morgan fingerprint density at radius 1 is 1.12 bits per heavy atom. The third kappa shape index (κ3) is 3.42. The molecule has 4 rings (SSSR count). The van der Waals surface area contributed by atoms with Gasteiger partial charge in [-0.1, -0.05) is 6.07 Å². The second-order valence-corrected chi connectivity index (χ2v) is 6.97. The van der Waals surface area contributed by atoms with Crippen LogP contribution in [0.15, 0.2) is 42.7 Å². The first-order valence-corrected chi connectivity index (χ1v) is 9.10. The third-order valence-corrected chi connectivity index (χ3v) is 5.32. The predicted octanol–water partition coefficient (Wildman–Crippen LogP) is 3.00. The largest absolute Gasteiger partial charge is 0.490 e. The fourth-order valence-electron chi connectivity index (χ4n) is 3.73. The molecule has 0 saturated carbocycles. The van der Waals surface area contributed by atoms with Crippen molar-refractivity contribution < 1.29 is 4.74 Å². The Labute approximate surface area is 148 Å². The molecule has 3 aromatic rings. The molecular weight excluding hydrogens is 312 g/mol. The summed E-state index contributed by atoms with van der Waals surface area (Å²) >= 11 is 0. The topological polar surface area (TPSA) is 35.2 Å². The lowest BCUT2D eigenvalue weighted by molar-refractivity contribution is 0.102. The van der Waals surface area contributed by atoms with E-state index in [9.17, 15) is 0 Å². The van der Waals surface area contributed by atoms with Crippen molar-refractivity contribution in [2.24, 2.45) is 14.1 Å². The Hall–Kier alpha value is -2.27. The number of aromatic nitrogens is 3. The molecular formula is C20H26N4O. The van der Waals surface area contributed by atoms with Crippen LogP contribution in [0.3, 0.4) is 0 Å². The lowest BCUT2D eigenvalue weighted by Gasteiger charge is -2.32. The summed E-state index contributed by atoms with van der Waals surface area (Å²) < 4.78 is 10.5. The summed E-state index contributed by atoms with van der Waals surface area (Å²) in [6, 6.07) is 10.6. The number of hydrogen-bond donors (Lipinski definition) is 0.